The first-order chi connectivity index (χ1) is 4.29. The van der Waals surface area contributed by atoms with E-state index in [2.05, 4.69) is 4.52 Å². The van der Waals surface area contributed by atoms with E-state index in [1.54, 1.807) is 13.3 Å². The molecule has 0 bridgehead atoms. The summed E-state index contributed by atoms with van der Waals surface area (Å²) >= 11 is 0. The molecule has 0 aromatic carbocycles. The molecule has 0 radical (unpaired) electrons. The topological polar surface area (TPSA) is 63.6 Å². The second-order valence-electron chi connectivity index (χ2n) is 1.95. The van der Waals surface area contributed by atoms with E-state index in [1.807, 2.05) is 0 Å². The first kappa shape index (κ1) is 12.3. The van der Waals surface area contributed by atoms with Crippen LogP contribution in [0.1, 0.15) is 6.92 Å². The van der Waals surface area contributed by atoms with Gasteiger partial charge in [-0.15, -0.1) is 0 Å². The molecule has 1 N–H and O–H groups in total. The first-order valence-corrected chi connectivity index (χ1v) is 5.11. The van der Waals surface area contributed by atoms with Crippen molar-refractivity contribution in [3.8, 4) is 0 Å². The van der Waals surface area contributed by atoms with Gasteiger partial charge in [0.1, 0.15) is 0 Å². The zero-order chi connectivity index (χ0) is 8.78. The fourth-order valence-corrected chi connectivity index (χ4v) is 0. The molecule has 0 aromatic heterocycles. The number of rotatable bonds is 1. The quantitative estimate of drug-likeness (QED) is 0.598. The van der Waals surface area contributed by atoms with E-state index in [4.69, 9.17) is 9.90 Å². The Bertz CT molecular complexity index is 133. The van der Waals surface area contributed by atoms with Crippen molar-refractivity contribution in [1.82, 2.24) is 0 Å². The molecule has 0 saturated heterocycles. The summed E-state index contributed by atoms with van der Waals surface area (Å²) < 4.78 is 14.9. The standard InChI is InChI=1S/C3H9O2P.C2H4O2/c1-5-6(2,3)4;1-2(3)4/h1-3H3;1H3,(H,3,4). The minimum atomic E-state index is -2.15. The first-order valence-electron chi connectivity index (χ1n) is 2.60. The zero-order valence-electron chi connectivity index (χ0n) is 6.62. The summed E-state index contributed by atoms with van der Waals surface area (Å²) in [5.74, 6) is -0.833. The van der Waals surface area contributed by atoms with Crippen LogP contribution in [0.2, 0.25) is 0 Å². The molecule has 0 aliphatic heterocycles. The molecule has 0 fully saturated rings. The van der Waals surface area contributed by atoms with E-state index in [0.717, 1.165) is 6.92 Å². The summed E-state index contributed by atoms with van der Waals surface area (Å²) in [5, 5.41) is 7.42. The average Bonchev–Trinajstić information content (AvgIpc) is 1.63. The van der Waals surface area contributed by atoms with Gasteiger partial charge in [0.15, 0.2) is 7.37 Å². The molecule has 0 rings (SSSR count). The van der Waals surface area contributed by atoms with Crippen LogP contribution in [-0.2, 0) is 13.9 Å². The van der Waals surface area contributed by atoms with Gasteiger partial charge in [-0.3, -0.25) is 9.36 Å². The van der Waals surface area contributed by atoms with E-state index in [-0.39, 0.29) is 0 Å². The number of aliphatic carboxylic acids is 1. The van der Waals surface area contributed by atoms with Crippen molar-refractivity contribution in [2.24, 2.45) is 0 Å². The summed E-state index contributed by atoms with van der Waals surface area (Å²) in [5.41, 5.74) is 0. The molecule has 5 heteroatoms. The van der Waals surface area contributed by atoms with Crippen LogP contribution in [0.15, 0.2) is 0 Å². The van der Waals surface area contributed by atoms with Gasteiger partial charge in [0.2, 0.25) is 0 Å². The lowest BCUT2D eigenvalue weighted by Gasteiger charge is -1.98. The number of carbonyl (C=O) groups is 1. The van der Waals surface area contributed by atoms with Crippen LogP contribution in [0.5, 0.6) is 0 Å². The molecular formula is C5H13O4P. The fourth-order valence-electron chi connectivity index (χ4n) is 0. The van der Waals surface area contributed by atoms with Gasteiger partial charge in [0, 0.05) is 27.4 Å². The Morgan fingerprint density at radius 1 is 1.50 bits per heavy atom. The lowest BCUT2D eigenvalue weighted by Crippen LogP contribution is -1.78. The predicted octanol–water partition coefficient (Wildman–Crippen LogP) is 1.26. The van der Waals surface area contributed by atoms with Gasteiger partial charge < -0.3 is 9.63 Å². The van der Waals surface area contributed by atoms with Gasteiger partial charge in [0.25, 0.3) is 5.97 Å². The Labute approximate surface area is 60.7 Å². The molecule has 10 heavy (non-hydrogen) atoms. The molecule has 0 spiro atoms. The molecule has 62 valence electrons. The minimum absolute atomic E-state index is 0.833. The van der Waals surface area contributed by atoms with Gasteiger partial charge in [-0.05, 0) is 0 Å². The van der Waals surface area contributed by atoms with E-state index in [9.17, 15) is 4.57 Å². The maximum atomic E-state index is 10.4. The average molecular weight is 168 g/mol. The summed E-state index contributed by atoms with van der Waals surface area (Å²) in [6.45, 7) is 4.24. The Kier molecular flexibility index (Phi) is 6.72. The number of carboxylic acid groups (broad SMARTS) is 1. The largest absolute Gasteiger partial charge is 0.481 e. The number of hydrogen-bond donors (Lipinski definition) is 1. The van der Waals surface area contributed by atoms with Gasteiger partial charge in [-0.25, -0.2) is 0 Å². The summed E-state index contributed by atoms with van der Waals surface area (Å²) in [6.07, 6.45) is 0. The van der Waals surface area contributed by atoms with Gasteiger partial charge in [0.05, 0.1) is 0 Å². The highest BCUT2D eigenvalue weighted by Gasteiger charge is 1.99. The van der Waals surface area contributed by atoms with Crippen molar-refractivity contribution in [2.75, 3.05) is 20.4 Å². The SMILES string of the molecule is CC(=O)O.COP(C)(C)=O. The summed E-state index contributed by atoms with van der Waals surface area (Å²) in [4.78, 5) is 9.00. The molecule has 0 aliphatic carbocycles. The van der Waals surface area contributed by atoms with Gasteiger partial charge in [-0.2, -0.15) is 0 Å². The number of carboxylic acids is 1. The third-order valence-electron chi connectivity index (χ3n) is 0.440. The molecule has 0 saturated carbocycles. The molecule has 0 unspecified atom stereocenters. The molecule has 4 nitrogen and oxygen atoms in total. The smallest absolute Gasteiger partial charge is 0.300 e. The Morgan fingerprint density at radius 2 is 1.60 bits per heavy atom. The van der Waals surface area contributed by atoms with Crippen LogP contribution < -0.4 is 0 Å². The van der Waals surface area contributed by atoms with Crippen LogP contribution in [0.25, 0.3) is 0 Å². The van der Waals surface area contributed by atoms with Crippen LogP contribution >= 0.6 is 7.37 Å². The Hall–Kier alpha value is -0.340. The van der Waals surface area contributed by atoms with E-state index >= 15 is 0 Å². The molecular weight excluding hydrogens is 155 g/mol. The zero-order valence-corrected chi connectivity index (χ0v) is 7.51. The second-order valence-corrected chi connectivity index (χ2v) is 4.82. The van der Waals surface area contributed by atoms with Crippen molar-refractivity contribution in [3.63, 3.8) is 0 Å². The summed E-state index contributed by atoms with van der Waals surface area (Å²) in [7, 11) is -0.701. The molecule has 0 heterocycles. The van der Waals surface area contributed by atoms with Gasteiger partial charge in [-0.1, -0.05) is 0 Å². The van der Waals surface area contributed by atoms with Crippen molar-refractivity contribution in [2.45, 2.75) is 6.92 Å². The highest BCUT2D eigenvalue weighted by atomic mass is 31.2. The highest BCUT2D eigenvalue weighted by molar-refractivity contribution is 7.57. The van der Waals surface area contributed by atoms with Crippen molar-refractivity contribution < 1.29 is 19.0 Å². The lowest BCUT2D eigenvalue weighted by molar-refractivity contribution is -0.134. The summed E-state index contributed by atoms with van der Waals surface area (Å²) in [6, 6.07) is 0. The molecule has 0 atom stereocenters. The third-order valence-corrected chi connectivity index (χ3v) is 1.32. The number of hydrogen-bond acceptors (Lipinski definition) is 3. The van der Waals surface area contributed by atoms with Crippen LogP contribution in [-0.4, -0.2) is 31.5 Å². The normalized spacial score (nSPS) is 9.60. The highest BCUT2D eigenvalue weighted by Crippen LogP contribution is 2.35. The van der Waals surface area contributed by atoms with Crippen LogP contribution in [0, 0.1) is 0 Å². The van der Waals surface area contributed by atoms with E-state index in [1.165, 1.54) is 7.11 Å². The molecule has 0 aromatic rings. The maximum Gasteiger partial charge on any atom is 0.300 e. The Morgan fingerprint density at radius 3 is 1.60 bits per heavy atom. The molecule has 0 aliphatic rings. The maximum absolute atomic E-state index is 10.4. The third kappa shape index (κ3) is 48.0. The lowest BCUT2D eigenvalue weighted by atomic mass is 10.9. The fraction of sp³-hybridized carbons (Fsp3) is 0.800. The van der Waals surface area contributed by atoms with E-state index in [0.29, 0.717) is 0 Å². The van der Waals surface area contributed by atoms with Gasteiger partial charge >= 0.3 is 0 Å². The monoisotopic (exact) mass is 168 g/mol. The van der Waals surface area contributed by atoms with Crippen molar-refractivity contribution in [1.29, 1.82) is 0 Å². The van der Waals surface area contributed by atoms with Crippen LogP contribution in [0.3, 0.4) is 0 Å². The second kappa shape index (κ2) is 5.45. The van der Waals surface area contributed by atoms with Crippen LogP contribution in [0.4, 0.5) is 0 Å². The van der Waals surface area contributed by atoms with E-state index < -0.39 is 13.3 Å². The predicted molar refractivity (Wildman–Crippen MR) is 39.8 cm³/mol. The van der Waals surface area contributed by atoms with Crippen molar-refractivity contribution in [3.05, 3.63) is 0 Å². The Balaban J connectivity index is 0. The van der Waals surface area contributed by atoms with Crippen molar-refractivity contribution >= 4 is 13.3 Å². The minimum Gasteiger partial charge on any atom is -0.481 e. The molecule has 0 amide bonds.